The van der Waals surface area contributed by atoms with Crippen molar-refractivity contribution in [2.75, 3.05) is 0 Å². The summed E-state index contributed by atoms with van der Waals surface area (Å²) >= 11 is 0. The van der Waals surface area contributed by atoms with E-state index in [-0.39, 0.29) is 0 Å². The van der Waals surface area contributed by atoms with E-state index in [1.165, 1.54) is 51.8 Å². The van der Waals surface area contributed by atoms with Gasteiger partial charge in [0, 0.05) is 0 Å². The van der Waals surface area contributed by atoms with Gasteiger partial charge in [0.2, 0.25) is 0 Å². The predicted octanol–water partition coefficient (Wildman–Crippen LogP) is 8.27. The molecular weight excluding hydrogens is 336 g/mol. The van der Waals surface area contributed by atoms with Gasteiger partial charge in [-0.05, 0) is 59.1 Å². The smallest absolute Gasteiger partial charge is 0.00705 e. The Balaban J connectivity index is 2.33. The van der Waals surface area contributed by atoms with Crippen molar-refractivity contribution in [1.29, 1.82) is 0 Å². The molecule has 0 aliphatic heterocycles. The minimum Gasteiger partial charge on any atom is -0.0654 e. The first-order valence-corrected chi connectivity index (χ1v) is 10.6. The van der Waals surface area contributed by atoms with Crippen LogP contribution in [0.15, 0.2) is 78.9 Å². The van der Waals surface area contributed by atoms with Gasteiger partial charge in [-0.1, -0.05) is 112 Å². The van der Waals surface area contributed by atoms with Crippen molar-refractivity contribution in [1.82, 2.24) is 0 Å². The van der Waals surface area contributed by atoms with Gasteiger partial charge in [0.25, 0.3) is 0 Å². The van der Waals surface area contributed by atoms with Crippen LogP contribution < -0.4 is 0 Å². The van der Waals surface area contributed by atoms with Gasteiger partial charge in [-0.15, -0.1) is 0 Å². The summed E-state index contributed by atoms with van der Waals surface area (Å²) in [6.07, 6.45) is 3.49. The molecule has 0 fully saturated rings. The summed E-state index contributed by atoms with van der Waals surface area (Å²) in [4.78, 5) is 0. The number of aryl methyl sites for hydroxylation is 1. The average Bonchev–Trinajstić information content (AvgIpc) is 2.72. The highest BCUT2D eigenvalue weighted by atomic mass is 14.2. The molecule has 0 saturated heterocycles. The summed E-state index contributed by atoms with van der Waals surface area (Å²) in [5.41, 5.74) is 9.60. The molecule has 0 aromatic heterocycles. The highest BCUT2D eigenvalue weighted by Gasteiger charge is 2.17. The van der Waals surface area contributed by atoms with Crippen LogP contribution in [-0.2, 0) is 0 Å². The number of benzene rings is 3. The number of unbranched alkanes of at least 4 members (excludes halogenated alkanes) is 1. The molecule has 0 unspecified atom stereocenters. The Labute approximate surface area is 171 Å². The lowest BCUT2D eigenvalue weighted by molar-refractivity contribution is 0.824. The summed E-state index contributed by atoms with van der Waals surface area (Å²) in [6, 6.07) is 28.9. The maximum absolute atomic E-state index is 2.30. The molecule has 3 aromatic carbocycles. The molecule has 0 nitrogen and oxygen atoms in total. The van der Waals surface area contributed by atoms with Crippen LogP contribution >= 0.6 is 0 Å². The first-order valence-electron chi connectivity index (χ1n) is 10.6. The van der Waals surface area contributed by atoms with Crippen LogP contribution in [0.4, 0.5) is 0 Å². The van der Waals surface area contributed by atoms with Crippen molar-refractivity contribution in [3.63, 3.8) is 0 Å². The Morgan fingerprint density at radius 2 is 1.39 bits per heavy atom. The van der Waals surface area contributed by atoms with E-state index in [0.717, 1.165) is 6.42 Å². The third-order valence-corrected chi connectivity index (χ3v) is 5.40. The van der Waals surface area contributed by atoms with Crippen molar-refractivity contribution < 1.29 is 0 Å². The Morgan fingerprint density at radius 3 is 2.04 bits per heavy atom. The molecule has 0 amide bonds. The number of allylic oxidation sites excluding steroid dienone is 1. The molecule has 3 rings (SSSR count). The van der Waals surface area contributed by atoms with E-state index in [1.54, 1.807) is 0 Å². The van der Waals surface area contributed by atoms with E-state index >= 15 is 0 Å². The van der Waals surface area contributed by atoms with Crippen molar-refractivity contribution >= 4 is 11.1 Å². The minimum absolute atomic E-state index is 0.486. The van der Waals surface area contributed by atoms with Crippen LogP contribution in [0.2, 0.25) is 0 Å². The normalized spacial score (nSPS) is 12.2. The van der Waals surface area contributed by atoms with Crippen LogP contribution in [0, 0.1) is 6.92 Å². The Kier molecular flexibility index (Phi) is 6.87. The van der Waals surface area contributed by atoms with E-state index in [4.69, 9.17) is 0 Å². The molecule has 0 saturated carbocycles. The molecule has 0 atom stereocenters. The van der Waals surface area contributed by atoms with E-state index in [0.29, 0.717) is 5.92 Å². The molecule has 28 heavy (non-hydrogen) atoms. The van der Waals surface area contributed by atoms with Crippen molar-refractivity contribution in [3.8, 4) is 0 Å². The molecule has 0 heterocycles. The van der Waals surface area contributed by atoms with Crippen molar-refractivity contribution in [3.05, 3.63) is 107 Å². The van der Waals surface area contributed by atoms with Crippen molar-refractivity contribution in [2.24, 2.45) is 0 Å². The first-order chi connectivity index (χ1) is 13.6. The summed E-state index contributed by atoms with van der Waals surface area (Å²) in [5, 5.41) is 0. The molecule has 3 aromatic rings. The van der Waals surface area contributed by atoms with E-state index in [2.05, 4.69) is 107 Å². The van der Waals surface area contributed by atoms with Gasteiger partial charge in [0.15, 0.2) is 0 Å². The molecule has 0 spiro atoms. The number of hydrogen-bond donors (Lipinski definition) is 0. The van der Waals surface area contributed by atoms with Gasteiger partial charge >= 0.3 is 0 Å². The molecular formula is C28H32. The van der Waals surface area contributed by atoms with Gasteiger partial charge in [-0.25, -0.2) is 0 Å². The number of rotatable bonds is 7. The third kappa shape index (κ3) is 4.62. The lowest BCUT2D eigenvalue weighted by Gasteiger charge is -2.21. The van der Waals surface area contributed by atoms with Gasteiger partial charge in [0.05, 0.1) is 0 Å². The summed E-state index contributed by atoms with van der Waals surface area (Å²) < 4.78 is 0. The quantitative estimate of drug-likeness (QED) is 0.368. The molecule has 0 bridgehead atoms. The highest BCUT2D eigenvalue weighted by molar-refractivity contribution is 5.99. The monoisotopic (exact) mass is 368 g/mol. The summed E-state index contributed by atoms with van der Waals surface area (Å²) in [7, 11) is 0. The second-order valence-electron chi connectivity index (χ2n) is 7.93. The van der Waals surface area contributed by atoms with Crippen LogP contribution in [0.1, 0.15) is 73.8 Å². The van der Waals surface area contributed by atoms with Crippen molar-refractivity contribution in [2.45, 2.75) is 52.9 Å². The molecule has 0 heteroatoms. The predicted molar refractivity (Wildman–Crippen MR) is 124 cm³/mol. The molecule has 0 N–H and O–H groups in total. The molecule has 0 radical (unpaired) electrons. The lowest BCUT2D eigenvalue weighted by Crippen LogP contribution is -2.01. The molecule has 144 valence electrons. The zero-order valence-electron chi connectivity index (χ0n) is 17.7. The van der Waals surface area contributed by atoms with E-state index < -0.39 is 0 Å². The van der Waals surface area contributed by atoms with Crippen LogP contribution in [0.5, 0.6) is 0 Å². The zero-order chi connectivity index (χ0) is 19.9. The molecule has 0 aliphatic rings. The SMILES string of the molecule is CCCCC(=C(c1ccccc1)c1ccccc1C(C)C)c1ccc(C)cc1. The highest BCUT2D eigenvalue weighted by Crippen LogP contribution is 2.38. The van der Waals surface area contributed by atoms with Crippen LogP contribution in [0.3, 0.4) is 0 Å². The maximum atomic E-state index is 2.30. The fourth-order valence-electron chi connectivity index (χ4n) is 3.85. The maximum Gasteiger partial charge on any atom is -0.00705 e. The Bertz CT molecular complexity index is 912. The van der Waals surface area contributed by atoms with E-state index in [9.17, 15) is 0 Å². The average molecular weight is 369 g/mol. The number of hydrogen-bond acceptors (Lipinski definition) is 0. The minimum atomic E-state index is 0.486. The fraction of sp³-hybridized carbons (Fsp3) is 0.286. The standard InChI is InChI=1S/C28H32/c1-5-6-14-26(23-19-17-22(4)18-20-23)28(24-12-8-7-9-13-24)27-16-11-10-15-25(27)21(2)3/h7-13,15-21H,5-6,14H2,1-4H3. The summed E-state index contributed by atoms with van der Waals surface area (Å²) in [6.45, 7) is 9.01. The summed E-state index contributed by atoms with van der Waals surface area (Å²) in [5.74, 6) is 0.486. The van der Waals surface area contributed by atoms with E-state index in [1.807, 2.05) is 0 Å². The lowest BCUT2D eigenvalue weighted by atomic mass is 9.83. The van der Waals surface area contributed by atoms with Crippen LogP contribution in [0.25, 0.3) is 11.1 Å². The fourth-order valence-corrected chi connectivity index (χ4v) is 3.85. The topological polar surface area (TPSA) is 0 Å². The first kappa shape index (κ1) is 20.1. The van der Waals surface area contributed by atoms with Gasteiger partial charge < -0.3 is 0 Å². The largest absolute Gasteiger partial charge is 0.0654 e. The van der Waals surface area contributed by atoms with Gasteiger partial charge in [0.1, 0.15) is 0 Å². The van der Waals surface area contributed by atoms with Gasteiger partial charge in [-0.2, -0.15) is 0 Å². The van der Waals surface area contributed by atoms with Crippen LogP contribution in [-0.4, -0.2) is 0 Å². The molecule has 0 aliphatic carbocycles. The second kappa shape index (κ2) is 9.55. The second-order valence-corrected chi connectivity index (χ2v) is 7.93. The third-order valence-electron chi connectivity index (χ3n) is 5.40. The van der Waals surface area contributed by atoms with Gasteiger partial charge in [-0.3, -0.25) is 0 Å². The Morgan fingerprint density at radius 1 is 0.750 bits per heavy atom. The Hall–Kier alpha value is -2.60. The zero-order valence-corrected chi connectivity index (χ0v) is 17.7.